The first-order valence-corrected chi connectivity index (χ1v) is 12.3. The molecule has 38 heavy (non-hydrogen) atoms. The molecular weight excluding hydrogens is 520 g/mol. The van der Waals surface area contributed by atoms with Gasteiger partial charge in [0.15, 0.2) is 0 Å². The molecule has 1 aliphatic heterocycles. The summed E-state index contributed by atoms with van der Waals surface area (Å²) in [7, 11) is 1.29. The van der Waals surface area contributed by atoms with Crippen LogP contribution in [-0.2, 0) is 33.4 Å². The number of carboxylic acid groups (broad SMARTS) is 2. The number of esters is 2. The molecule has 1 aliphatic rings. The lowest BCUT2D eigenvalue weighted by Gasteiger charge is -2.31. The molecule has 0 aliphatic carbocycles. The van der Waals surface area contributed by atoms with Gasteiger partial charge in [-0.05, 0) is 31.9 Å². The van der Waals surface area contributed by atoms with Crippen LogP contribution in [0.4, 0.5) is 0 Å². The molecule has 210 valence electrons. The van der Waals surface area contributed by atoms with E-state index in [2.05, 4.69) is 5.32 Å². The van der Waals surface area contributed by atoms with Gasteiger partial charge in [-0.1, -0.05) is 36.7 Å². The summed E-state index contributed by atoms with van der Waals surface area (Å²) in [6.45, 7) is 5.91. The van der Waals surface area contributed by atoms with E-state index < -0.39 is 35.7 Å². The summed E-state index contributed by atoms with van der Waals surface area (Å²) in [6, 6.07) is 7.05. The van der Waals surface area contributed by atoms with Crippen molar-refractivity contribution in [2.24, 2.45) is 11.7 Å². The van der Waals surface area contributed by atoms with Crippen LogP contribution in [0.1, 0.15) is 45.1 Å². The number of benzene rings is 1. The summed E-state index contributed by atoms with van der Waals surface area (Å²) in [5.74, 6) is -4.32. The number of rotatable bonds is 12. The summed E-state index contributed by atoms with van der Waals surface area (Å²) in [5.41, 5.74) is 7.70. The zero-order valence-corrected chi connectivity index (χ0v) is 22.7. The molecule has 1 aromatic rings. The zero-order chi connectivity index (χ0) is 28.8. The Morgan fingerprint density at radius 1 is 1.13 bits per heavy atom. The Hall–Kier alpha value is -3.41. The number of carbonyl (C=O) groups excluding carboxylic acids is 2. The van der Waals surface area contributed by atoms with Crippen LogP contribution in [0.5, 0.6) is 0 Å². The van der Waals surface area contributed by atoms with E-state index in [1.54, 1.807) is 38.1 Å². The number of hydrogen-bond acceptors (Lipinski definition) is 9. The van der Waals surface area contributed by atoms with Gasteiger partial charge in [0.2, 0.25) is 0 Å². The van der Waals surface area contributed by atoms with Crippen molar-refractivity contribution >= 4 is 35.5 Å². The maximum atomic E-state index is 12.9. The first-order chi connectivity index (χ1) is 18.0. The molecule has 11 nitrogen and oxygen atoms in total. The second-order valence-corrected chi connectivity index (χ2v) is 8.64. The fourth-order valence-corrected chi connectivity index (χ4v) is 3.83. The molecule has 1 heterocycles. The van der Waals surface area contributed by atoms with E-state index >= 15 is 0 Å². The van der Waals surface area contributed by atoms with Gasteiger partial charge in [0.25, 0.3) is 0 Å². The highest BCUT2D eigenvalue weighted by Crippen LogP contribution is 2.41. The number of methoxy groups -OCH3 is 1. The Balaban J connectivity index is 0.000000612. The van der Waals surface area contributed by atoms with Crippen LogP contribution in [-0.4, -0.2) is 67.6 Å². The number of dihydropyridines is 1. The van der Waals surface area contributed by atoms with Crippen molar-refractivity contribution < 1.29 is 43.6 Å². The number of halogens is 1. The number of nitrogens with one attached hydrogen (secondary N) is 1. The summed E-state index contributed by atoms with van der Waals surface area (Å²) in [4.78, 5) is 45.5. The van der Waals surface area contributed by atoms with Crippen molar-refractivity contribution in [2.45, 2.75) is 39.5 Å². The average Bonchev–Trinajstić information content (AvgIpc) is 2.87. The molecule has 0 amide bonds. The molecule has 0 aromatic heterocycles. The summed E-state index contributed by atoms with van der Waals surface area (Å²) >= 11 is 6.42. The van der Waals surface area contributed by atoms with Gasteiger partial charge in [0.05, 0.1) is 55.6 Å². The van der Waals surface area contributed by atoms with Gasteiger partial charge in [0, 0.05) is 23.7 Å². The third-order valence-corrected chi connectivity index (χ3v) is 5.83. The molecule has 12 heteroatoms. The first-order valence-electron chi connectivity index (χ1n) is 11.9. The van der Waals surface area contributed by atoms with Crippen LogP contribution in [0.3, 0.4) is 0 Å². The lowest BCUT2D eigenvalue weighted by Crippen LogP contribution is -2.35. The third kappa shape index (κ3) is 9.47. The lowest BCUT2D eigenvalue weighted by molar-refractivity contribution is -0.143. The van der Waals surface area contributed by atoms with Crippen LogP contribution >= 0.6 is 11.6 Å². The highest BCUT2D eigenvalue weighted by Gasteiger charge is 2.39. The number of carbonyl (C=O) groups is 4. The van der Waals surface area contributed by atoms with Gasteiger partial charge in [-0.3, -0.25) is 9.59 Å². The fraction of sp³-hybridized carbons (Fsp3) is 0.462. The van der Waals surface area contributed by atoms with E-state index in [-0.39, 0.29) is 31.6 Å². The highest BCUT2D eigenvalue weighted by atomic mass is 35.5. The molecule has 0 saturated carbocycles. The fourth-order valence-electron chi connectivity index (χ4n) is 3.58. The Morgan fingerprint density at radius 2 is 1.79 bits per heavy atom. The summed E-state index contributed by atoms with van der Waals surface area (Å²) in [6.07, 6.45) is 0.123. The van der Waals surface area contributed by atoms with Crippen LogP contribution < -0.4 is 11.1 Å². The van der Waals surface area contributed by atoms with Gasteiger partial charge in [-0.25, -0.2) is 9.59 Å². The van der Waals surface area contributed by atoms with E-state index in [1.165, 1.54) is 14.0 Å². The van der Waals surface area contributed by atoms with Crippen LogP contribution in [0.25, 0.3) is 0 Å². The Kier molecular flexibility index (Phi) is 14.1. The van der Waals surface area contributed by atoms with Crippen molar-refractivity contribution in [3.63, 3.8) is 0 Å². The second kappa shape index (κ2) is 16.4. The monoisotopic (exact) mass is 554 g/mol. The Labute approximate surface area is 226 Å². The maximum absolute atomic E-state index is 12.9. The first kappa shape index (κ1) is 32.6. The minimum absolute atomic E-state index is 0.0759. The maximum Gasteiger partial charge on any atom is 0.336 e. The SMILES string of the molecule is CC(CCC(=O)O)C(=O)O.CCOC(=O)C1=C(COCCN)NC(C)=C(C(=O)OC)[C@@H]1c1ccccc1Cl. The minimum atomic E-state index is -0.951. The molecule has 0 radical (unpaired) electrons. The largest absolute Gasteiger partial charge is 0.481 e. The van der Waals surface area contributed by atoms with Crippen molar-refractivity contribution in [3.8, 4) is 0 Å². The van der Waals surface area contributed by atoms with Crippen molar-refractivity contribution in [1.29, 1.82) is 0 Å². The van der Waals surface area contributed by atoms with E-state index in [0.29, 0.717) is 40.7 Å². The summed E-state index contributed by atoms with van der Waals surface area (Å²) < 4.78 is 15.8. The number of aliphatic carboxylic acids is 2. The minimum Gasteiger partial charge on any atom is -0.481 e. The molecule has 0 saturated heterocycles. The van der Waals surface area contributed by atoms with Crippen molar-refractivity contribution in [3.05, 3.63) is 57.4 Å². The van der Waals surface area contributed by atoms with Crippen LogP contribution in [0.15, 0.2) is 46.8 Å². The van der Waals surface area contributed by atoms with E-state index in [1.807, 2.05) is 0 Å². The average molecular weight is 555 g/mol. The van der Waals surface area contributed by atoms with Gasteiger partial charge < -0.3 is 35.5 Å². The van der Waals surface area contributed by atoms with E-state index in [0.717, 1.165) is 0 Å². The van der Waals surface area contributed by atoms with Crippen molar-refractivity contribution in [1.82, 2.24) is 5.32 Å². The third-order valence-electron chi connectivity index (χ3n) is 5.48. The normalized spacial score (nSPS) is 15.6. The predicted molar refractivity (Wildman–Crippen MR) is 139 cm³/mol. The molecule has 1 unspecified atom stereocenters. The van der Waals surface area contributed by atoms with Gasteiger partial charge in [0.1, 0.15) is 0 Å². The number of carboxylic acids is 2. The Morgan fingerprint density at radius 3 is 2.32 bits per heavy atom. The van der Waals surface area contributed by atoms with E-state index in [4.69, 9.17) is 41.8 Å². The van der Waals surface area contributed by atoms with E-state index in [9.17, 15) is 19.2 Å². The number of allylic oxidation sites excluding steroid dienone is 1. The predicted octanol–water partition coefficient (Wildman–Crippen LogP) is 2.84. The molecule has 5 N–H and O–H groups in total. The molecule has 2 atom stereocenters. The molecule has 2 rings (SSSR count). The molecule has 0 spiro atoms. The number of nitrogens with two attached hydrogens (primary N) is 1. The zero-order valence-electron chi connectivity index (χ0n) is 21.9. The topological polar surface area (TPSA) is 174 Å². The van der Waals surface area contributed by atoms with Crippen molar-refractivity contribution in [2.75, 3.05) is 33.5 Å². The van der Waals surface area contributed by atoms with Gasteiger partial charge >= 0.3 is 23.9 Å². The van der Waals surface area contributed by atoms with Crippen LogP contribution in [0.2, 0.25) is 5.02 Å². The second-order valence-electron chi connectivity index (χ2n) is 8.24. The number of ether oxygens (including phenoxy) is 3. The molecule has 0 fully saturated rings. The summed E-state index contributed by atoms with van der Waals surface area (Å²) in [5, 5.41) is 20.0. The standard InChI is InChI=1S/C20H25ClN2O5.C6H10O4/c1-4-28-20(25)18-15(11-27-10-9-22)23-12(2)16(19(24)26-3)17(18)13-7-5-6-8-14(13)21;1-4(6(9)10)2-3-5(7)8/h5-8,17,23H,4,9-11,22H2,1-3H3;4H,2-3H2,1H3,(H,7,8)(H,9,10)/t17-;/m0./s1. The lowest BCUT2D eigenvalue weighted by atomic mass is 9.80. The molecular formula is C26H35ClN2O9. The van der Waals surface area contributed by atoms with Gasteiger partial charge in [-0.15, -0.1) is 0 Å². The number of hydrogen-bond donors (Lipinski definition) is 4. The quantitative estimate of drug-likeness (QED) is 0.221. The van der Waals surface area contributed by atoms with Crippen LogP contribution in [0, 0.1) is 5.92 Å². The molecule has 1 aromatic carbocycles. The highest BCUT2D eigenvalue weighted by molar-refractivity contribution is 6.31. The Bertz CT molecular complexity index is 1070. The van der Waals surface area contributed by atoms with Gasteiger partial charge in [-0.2, -0.15) is 0 Å². The smallest absolute Gasteiger partial charge is 0.336 e. The molecule has 0 bridgehead atoms.